The molecule has 3 aromatic rings. The Morgan fingerprint density at radius 2 is 0.652 bits per heavy atom. The molecule has 0 spiro atoms. The minimum absolute atomic E-state index is 0.581. The molecule has 0 aromatic heterocycles. The Labute approximate surface area is 420 Å². The van der Waals surface area contributed by atoms with Gasteiger partial charge in [-0.3, -0.25) is 0 Å². The third kappa shape index (κ3) is 7.24. The topological polar surface area (TPSA) is 0 Å². The van der Waals surface area contributed by atoms with Gasteiger partial charge in [0.25, 0.3) is 0 Å². The summed E-state index contributed by atoms with van der Waals surface area (Å²) >= 11 is 0. The molecule has 6 atom stereocenters. The molecule has 16 aliphatic carbocycles. The highest BCUT2D eigenvalue weighted by molar-refractivity contribution is 5.46. The first-order valence-electron chi connectivity index (χ1n) is 31.0. The number of hydrogen-bond acceptors (Lipinski definition) is 0. The minimum Gasteiger partial charge on any atom is -0.0617 e. The van der Waals surface area contributed by atoms with Crippen molar-refractivity contribution in [2.45, 2.75) is 235 Å². The first-order chi connectivity index (χ1) is 33.7. The second-order valence-corrected chi connectivity index (χ2v) is 29.4. The van der Waals surface area contributed by atoms with Crippen LogP contribution in [0.3, 0.4) is 0 Å². The molecule has 0 nitrogen and oxygen atoms in total. The summed E-state index contributed by atoms with van der Waals surface area (Å²) in [4.78, 5) is 0. The van der Waals surface area contributed by atoms with Crippen molar-refractivity contribution in [2.75, 3.05) is 0 Å². The molecule has 0 heterocycles. The van der Waals surface area contributed by atoms with Crippen molar-refractivity contribution in [3.63, 3.8) is 0 Å². The SMILES string of the molecule is Cc1c(C23CCC(CC2)C3)cccc1C12CCC(CC1)C2.Cc1c(C2C3CC4CC(C3)CC2C4)cccc1C1C2CC3CC(C2)CC1C3.Cc1c(C2CC3CCC2C3)cccc1C1CC2CCC1C2. The fourth-order valence-electron chi connectivity index (χ4n) is 23.9. The van der Waals surface area contributed by atoms with E-state index in [0.29, 0.717) is 10.8 Å². The van der Waals surface area contributed by atoms with Gasteiger partial charge in [-0.2, -0.15) is 0 Å². The molecule has 19 rings (SSSR count). The van der Waals surface area contributed by atoms with E-state index in [-0.39, 0.29) is 0 Å². The zero-order valence-electron chi connectivity index (χ0n) is 43.9. The van der Waals surface area contributed by atoms with Crippen LogP contribution in [0, 0.1) is 104 Å². The molecule has 368 valence electrons. The normalized spacial score (nSPS) is 47.0. The van der Waals surface area contributed by atoms with Crippen molar-refractivity contribution >= 4 is 0 Å². The standard InChI is InChI=1S/C27H36.2C21H28/c1-15-24(26-20-7-16-5-17(9-20)10-21(26)8-16)3-2-4-25(15)27-22-11-18-6-19(13-22)14-23(27)12-18;1-15-18(20-9-5-16(13-20)6-10-20)3-2-4-19(15)21-11-7-17(14-21)8-12-21;1-13-18(20-11-14-5-7-16(20)9-14)3-2-4-19(13)21-12-15-6-8-17(21)10-15/h2-4,16-23,26-27H,5-14H2,1H3;2-4,16-17H,5-14H2,1H3;2-4,14-17,20-21H,5-12H2,1H3. The fraction of sp³-hybridized carbons (Fsp3) is 0.739. The second-order valence-electron chi connectivity index (χ2n) is 29.4. The Balaban J connectivity index is 0.0000000948. The summed E-state index contributed by atoms with van der Waals surface area (Å²) in [6.07, 6.45) is 42.5. The van der Waals surface area contributed by atoms with Crippen LogP contribution in [-0.4, -0.2) is 0 Å². The molecule has 16 saturated carbocycles. The number of hydrogen-bond donors (Lipinski definition) is 0. The maximum atomic E-state index is 2.56. The van der Waals surface area contributed by atoms with Gasteiger partial charge in [0.1, 0.15) is 0 Å². The molecule has 0 amide bonds. The Bertz CT molecular complexity index is 2200. The van der Waals surface area contributed by atoms with Crippen LogP contribution < -0.4 is 0 Å². The molecule has 0 heteroatoms. The molecule has 0 aliphatic heterocycles. The van der Waals surface area contributed by atoms with E-state index in [2.05, 4.69) is 75.4 Å². The monoisotopic (exact) mass is 921 g/mol. The van der Waals surface area contributed by atoms with Crippen molar-refractivity contribution in [3.8, 4) is 0 Å². The summed E-state index contributed by atoms with van der Waals surface area (Å²) in [5.41, 5.74) is 16.9. The maximum Gasteiger partial charge on any atom is -0.00414 e. The Morgan fingerprint density at radius 1 is 0.304 bits per heavy atom. The number of fused-ring (bicyclic) bond motifs is 8. The lowest BCUT2D eigenvalue weighted by Crippen LogP contribution is -2.45. The average molecular weight is 921 g/mol. The molecule has 69 heavy (non-hydrogen) atoms. The van der Waals surface area contributed by atoms with Gasteiger partial charge < -0.3 is 0 Å². The third-order valence-electron chi connectivity index (χ3n) is 26.2. The average Bonchev–Trinajstić information content (AvgIpc) is 4.23. The van der Waals surface area contributed by atoms with Crippen LogP contribution in [0.5, 0.6) is 0 Å². The van der Waals surface area contributed by atoms with Gasteiger partial charge >= 0.3 is 0 Å². The van der Waals surface area contributed by atoms with Gasteiger partial charge in [0.2, 0.25) is 0 Å². The van der Waals surface area contributed by atoms with Crippen LogP contribution >= 0.6 is 0 Å². The van der Waals surface area contributed by atoms with E-state index >= 15 is 0 Å². The van der Waals surface area contributed by atoms with E-state index in [1.54, 1.807) is 114 Å². The highest BCUT2D eigenvalue weighted by atomic mass is 14.6. The van der Waals surface area contributed by atoms with Crippen molar-refractivity contribution < 1.29 is 0 Å². The maximum absolute atomic E-state index is 2.56. The van der Waals surface area contributed by atoms with Crippen molar-refractivity contribution in [1.82, 2.24) is 0 Å². The molecule has 16 aliphatic rings. The lowest BCUT2D eigenvalue weighted by atomic mass is 9.49. The molecule has 0 N–H and O–H groups in total. The Morgan fingerprint density at radius 3 is 0.986 bits per heavy atom. The molecule has 6 unspecified atom stereocenters. The van der Waals surface area contributed by atoms with Gasteiger partial charge in [-0.15, -0.1) is 0 Å². The lowest BCUT2D eigenvalue weighted by Gasteiger charge is -2.56. The van der Waals surface area contributed by atoms with E-state index in [4.69, 9.17) is 0 Å². The Kier molecular flexibility index (Phi) is 10.8. The summed E-state index contributed by atoms with van der Waals surface area (Å²) < 4.78 is 0. The van der Waals surface area contributed by atoms with Gasteiger partial charge in [-0.05, 0) is 355 Å². The highest BCUT2D eigenvalue weighted by Crippen LogP contribution is 2.64. The first kappa shape index (κ1) is 44.2. The summed E-state index contributed by atoms with van der Waals surface area (Å²) in [5, 5.41) is 0. The lowest BCUT2D eigenvalue weighted by molar-refractivity contribution is -0.00538. The van der Waals surface area contributed by atoms with Crippen LogP contribution in [0.1, 0.15) is 254 Å². The van der Waals surface area contributed by atoms with Crippen molar-refractivity contribution in [2.24, 2.45) is 82.9 Å². The summed E-state index contributed by atoms with van der Waals surface area (Å²) in [6, 6.07) is 22.3. The predicted octanol–water partition coefficient (Wildman–Crippen LogP) is 18.5. The first-order valence-corrected chi connectivity index (χ1v) is 31.0. The summed E-state index contributed by atoms with van der Waals surface area (Å²) in [5.74, 6) is 18.4. The van der Waals surface area contributed by atoms with E-state index in [1.807, 2.05) is 0 Å². The third-order valence-corrected chi connectivity index (χ3v) is 26.2. The Hall–Kier alpha value is -2.34. The predicted molar refractivity (Wildman–Crippen MR) is 286 cm³/mol. The second kappa shape index (κ2) is 16.8. The van der Waals surface area contributed by atoms with Crippen LogP contribution in [0.4, 0.5) is 0 Å². The van der Waals surface area contributed by atoms with E-state index in [9.17, 15) is 0 Å². The van der Waals surface area contributed by atoms with Gasteiger partial charge in [-0.25, -0.2) is 0 Å². The quantitative estimate of drug-likeness (QED) is 0.231. The van der Waals surface area contributed by atoms with Gasteiger partial charge in [0.05, 0.1) is 0 Å². The zero-order valence-corrected chi connectivity index (χ0v) is 43.9. The van der Waals surface area contributed by atoms with Gasteiger partial charge in [0, 0.05) is 0 Å². The summed E-state index contributed by atoms with van der Waals surface area (Å²) in [6.45, 7) is 7.44. The zero-order chi connectivity index (χ0) is 45.8. The molecule has 16 fully saturated rings. The van der Waals surface area contributed by atoms with E-state index < -0.39 is 0 Å². The molecule has 0 saturated heterocycles. The smallest absolute Gasteiger partial charge is 0.00414 e. The fourth-order valence-corrected chi connectivity index (χ4v) is 23.9. The molecular formula is C69H92. The van der Waals surface area contributed by atoms with Crippen LogP contribution in [0.25, 0.3) is 0 Å². The largest absolute Gasteiger partial charge is 0.0617 e. The molecule has 3 aromatic carbocycles. The van der Waals surface area contributed by atoms with Gasteiger partial charge in [0.15, 0.2) is 0 Å². The van der Waals surface area contributed by atoms with Gasteiger partial charge in [-0.1, -0.05) is 67.4 Å². The summed E-state index contributed by atoms with van der Waals surface area (Å²) in [7, 11) is 0. The van der Waals surface area contributed by atoms with Crippen LogP contribution in [0.15, 0.2) is 54.6 Å². The van der Waals surface area contributed by atoms with Crippen molar-refractivity contribution in [1.29, 1.82) is 0 Å². The number of rotatable bonds is 6. The van der Waals surface area contributed by atoms with Crippen molar-refractivity contribution in [3.05, 3.63) is 105 Å². The van der Waals surface area contributed by atoms with Crippen LogP contribution in [0.2, 0.25) is 0 Å². The van der Waals surface area contributed by atoms with Crippen LogP contribution in [-0.2, 0) is 10.8 Å². The molecule has 16 bridgehead atoms. The highest BCUT2D eigenvalue weighted by Gasteiger charge is 2.53. The number of benzene rings is 3. The minimum atomic E-state index is 0.581. The van der Waals surface area contributed by atoms with E-state index in [1.165, 1.54) is 116 Å². The molecule has 0 radical (unpaired) electrons. The molecular weight excluding hydrogens is 829 g/mol. The van der Waals surface area contributed by atoms with E-state index in [0.717, 1.165) is 107 Å².